The van der Waals surface area contributed by atoms with Crippen LogP contribution in [-0.2, 0) is 9.59 Å². The summed E-state index contributed by atoms with van der Waals surface area (Å²) in [4.78, 5) is 41.8. The number of thiophene rings is 1. The topological polar surface area (TPSA) is 106 Å². The standard InChI is InChI=1S/C28H32FN3O6S/c1-28(2,3)31-27(35)24(17-14-20(36-4)25(38-6)21(15-17)37-5)32(19-11-9-18(29)10-12-19)23(33)16-30-26(34)22-8-7-13-39-22/h7-15,24H,16H2,1-6H3,(H,30,34)(H,31,35)/t24-/m0/s1. The Hall–Kier alpha value is -4.12. The molecule has 9 nitrogen and oxygen atoms in total. The Morgan fingerprint density at radius 2 is 1.59 bits per heavy atom. The second-order valence-electron chi connectivity index (χ2n) is 9.50. The maximum Gasteiger partial charge on any atom is 0.261 e. The highest BCUT2D eigenvalue weighted by molar-refractivity contribution is 7.12. The van der Waals surface area contributed by atoms with Crippen LogP contribution in [-0.4, -0.2) is 51.1 Å². The number of nitrogens with one attached hydrogen (secondary N) is 2. The molecular weight excluding hydrogens is 525 g/mol. The van der Waals surface area contributed by atoms with Gasteiger partial charge >= 0.3 is 0 Å². The molecule has 0 fully saturated rings. The van der Waals surface area contributed by atoms with Crippen LogP contribution in [0.4, 0.5) is 10.1 Å². The van der Waals surface area contributed by atoms with E-state index in [1.165, 1.54) is 61.8 Å². The predicted molar refractivity (Wildman–Crippen MR) is 147 cm³/mol. The third-order valence-corrected chi connectivity index (χ3v) is 6.39. The summed E-state index contributed by atoms with van der Waals surface area (Å²) >= 11 is 1.23. The first-order chi connectivity index (χ1) is 18.5. The van der Waals surface area contributed by atoms with Gasteiger partial charge in [-0.1, -0.05) is 6.07 Å². The van der Waals surface area contributed by atoms with Gasteiger partial charge in [0.25, 0.3) is 5.91 Å². The molecule has 3 aromatic rings. The number of methoxy groups -OCH3 is 3. The second kappa shape index (κ2) is 12.6. The van der Waals surface area contributed by atoms with E-state index in [-0.39, 0.29) is 17.2 Å². The molecule has 11 heteroatoms. The van der Waals surface area contributed by atoms with Gasteiger partial charge in [0.2, 0.25) is 17.6 Å². The Kier molecular flexibility index (Phi) is 9.52. The summed E-state index contributed by atoms with van der Waals surface area (Å²) < 4.78 is 30.3. The molecule has 1 atom stereocenters. The van der Waals surface area contributed by atoms with Crippen LogP contribution in [0, 0.1) is 5.82 Å². The van der Waals surface area contributed by atoms with Crippen molar-refractivity contribution in [1.29, 1.82) is 0 Å². The SMILES string of the molecule is COc1cc([C@@H](C(=O)NC(C)(C)C)N(C(=O)CNC(=O)c2cccs2)c2ccc(F)cc2)cc(OC)c1OC. The minimum absolute atomic E-state index is 0.245. The Labute approximate surface area is 230 Å². The van der Waals surface area contributed by atoms with Crippen LogP contribution in [0.2, 0.25) is 0 Å². The molecule has 0 bridgehead atoms. The molecule has 2 N–H and O–H groups in total. The lowest BCUT2D eigenvalue weighted by molar-refractivity contribution is -0.127. The number of rotatable bonds is 10. The average Bonchev–Trinajstić information content (AvgIpc) is 3.44. The van der Waals surface area contributed by atoms with Crippen molar-refractivity contribution in [2.45, 2.75) is 32.4 Å². The van der Waals surface area contributed by atoms with Gasteiger partial charge in [-0.15, -0.1) is 11.3 Å². The Morgan fingerprint density at radius 1 is 0.974 bits per heavy atom. The summed E-state index contributed by atoms with van der Waals surface area (Å²) in [5, 5.41) is 7.28. The number of nitrogens with zero attached hydrogens (tertiary/aromatic N) is 1. The van der Waals surface area contributed by atoms with Gasteiger partial charge in [0.05, 0.1) is 32.8 Å². The molecule has 39 heavy (non-hydrogen) atoms. The first-order valence-electron chi connectivity index (χ1n) is 12.0. The molecule has 0 saturated heterocycles. The van der Waals surface area contributed by atoms with Gasteiger partial charge in [-0.05, 0) is 74.2 Å². The third-order valence-electron chi connectivity index (χ3n) is 5.53. The third kappa shape index (κ3) is 7.26. The Balaban J connectivity index is 2.15. The number of amides is 3. The number of ether oxygens (including phenoxy) is 3. The van der Waals surface area contributed by atoms with Crippen molar-refractivity contribution >= 4 is 34.7 Å². The van der Waals surface area contributed by atoms with Crippen LogP contribution in [0.5, 0.6) is 17.2 Å². The molecule has 0 unspecified atom stereocenters. The summed E-state index contributed by atoms with van der Waals surface area (Å²) in [6.07, 6.45) is 0. The molecule has 2 aromatic carbocycles. The fourth-order valence-corrected chi connectivity index (χ4v) is 4.53. The van der Waals surface area contributed by atoms with Crippen LogP contribution in [0.1, 0.15) is 42.0 Å². The molecule has 0 spiro atoms. The second-order valence-corrected chi connectivity index (χ2v) is 10.4. The van der Waals surface area contributed by atoms with E-state index in [1.807, 2.05) is 20.8 Å². The summed E-state index contributed by atoms with van der Waals surface area (Å²) in [5.74, 6) is -1.20. The minimum atomic E-state index is -1.26. The predicted octanol–water partition coefficient (Wildman–Crippen LogP) is 4.33. The van der Waals surface area contributed by atoms with Crippen molar-refractivity contribution in [3.8, 4) is 17.2 Å². The van der Waals surface area contributed by atoms with Crippen LogP contribution in [0.25, 0.3) is 0 Å². The summed E-state index contributed by atoms with van der Waals surface area (Å²) in [6, 6.07) is 10.4. The largest absolute Gasteiger partial charge is 0.493 e. The van der Waals surface area contributed by atoms with Gasteiger partial charge in [0.1, 0.15) is 11.9 Å². The lowest BCUT2D eigenvalue weighted by atomic mass is 9.99. The lowest BCUT2D eigenvalue weighted by Gasteiger charge is -2.34. The lowest BCUT2D eigenvalue weighted by Crippen LogP contribution is -2.51. The molecule has 1 heterocycles. The fraction of sp³-hybridized carbons (Fsp3) is 0.321. The Morgan fingerprint density at radius 3 is 2.08 bits per heavy atom. The van der Waals surface area contributed by atoms with E-state index >= 15 is 0 Å². The normalized spacial score (nSPS) is 11.8. The zero-order valence-corrected chi connectivity index (χ0v) is 23.5. The molecule has 3 amide bonds. The van der Waals surface area contributed by atoms with Crippen molar-refractivity contribution in [3.05, 3.63) is 70.2 Å². The molecule has 3 rings (SSSR count). The van der Waals surface area contributed by atoms with Crippen molar-refractivity contribution in [3.63, 3.8) is 0 Å². The number of carbonyl (C=O) groups is 3. The molecule has 0 aliphatic carbocycles. The van der Waals surface area contributed by atoms with E-state index in [2.05, 4.69) is 10.6 Å². The van der Waals surface area contributed by atoms with Gasteiger partial charge in [0.15, 0.2) is 11.5 Å². The minimum Gasteiger partial charge on any atom is -0.493 e. The molecule has 0 radical (unpaired) electrons. The van der Waals surface area contributed by atoms with E-state index < -0.39 is 41.7 Å². The quantitative estimate of drug-likeness (QED) is 0.384. The first kappa shape index (κ1) is 29.4. The number of hydrogen-bond donors (Lipinski definition) is 2. The maximum absolute atomic E-state index is 13.9. The molecule has 0 aliphatic rings. The number of hydrogen-bond acceptors (Lipinski definition) is 7. The highest BCUT2D eigenvalue weighted by Crippen LogP contribution is 2.41. The summed E-state index contributed by atoms with van der Waals surface area (Å²) in [5.41, 5.74) is -0.0657. The number of carbonyl (C=O) groups excluding carboxylic acids is 3. The average molecular weight is 558 g/mol. The summed E-state index contributed by atoms with van der Waals surface area (Å²) in [7, 11) is 4.33. The van der Waals surface area contributed by atoms with E-state index in [9.17, 15) is 18.8 Å². The molecular formula is C28H32FN3O6S. The monoisotopic (exact) mass is 557 g/mol. The van der Waals surface area contributed by atoms with Crippen molar-refractivity contribution in [2.24, 2.45) is 0 Å². The van der Waals surface area contributed by atoms with Crippen molar-refractivity contribution in [1.82, 2.24) is 10.6 Å². The van der Waals surface area contributed by atoms with E-state index in [0.29, 0.717) is 16.2 Å². The summed E-state index contributed by atoms with van der Waals surface area (Å²) in [6.45, 7) is 5.01. The highest BCUT2D eigenvalue weighted by atomic mass is 32.1. The smallest absolute Gasteiger partial charge is 0.261 e. The fourth-order valence-electron chi connectivity index (χ4n) is 3.89. The zero-order chi connectivity index (χ0) is 28.7. The van der Waals surface area contributed by atoms with Crippen molar-refractivity contribution < 1.29 is 33.0 Å². The highest BCUT2D eigenvalue weighted by Gasteiger charge is 2.36. The number of halogens is 1. The van der Waals surface area contributed by atoms with E-state index in [4.69, 9.17) is 14.2 Å². The van der Waals surface area contributed by atoms with Crippen LogP contribution in [0.15, 0.2) is 53.9 Å². The maximum atomic E-state index is 13.9. The molecule has 0 saturated carbocycles. The number of anilines is 1. The van der Waals surface area contributed by atoms with Crippen molar-refractivity contribution in [2.75, 3.05) is 32.8 Å². The van der Waals surface area contributed by atoms with Gasteiger partial charge in [-0.2, -0.15) is 0 Å². The van der Waals surface area contributed by atoms with Gasteiger partial charge in [-0.3, -0.25) is 19.3 Å². The van der Waals surface area contributed by atoms with Gasteiger partial charge < -0.3 is 24.8 Å². The van der Waals surface area contributed by atoms with Crippen LogP contribution in [0.3, 0.4) is 0 Å². The molecule has 208 valence electrons. The van der Waals surface area contributed by atoms with Crippen LogP contribution < -0.4 is 29.7 Å². The van der Waals surface area contributed by atoms with E-state index in [1.54, 1.807) is 29.6 Å². The van der Waals surface area contributed by atoms with Gasteiger partial charge in [0, 0.05) is 11.2 Å². The van der Waals surface area contributed by atoms with Gasteiger partial charge in [-0.25, -0.2) is 4.39 Å². The zero-order valence-electron chi connectivity index (χ0n) is 22.7. The number of benzene rings is 2. The molecule has 0 aliphatic heterocycles. The first-order valence-corrected chi connectivity index (χ1v) is 12.9. The Bertz CT molecular complexity index is 1280. The van der Waals surface area contributed by atoms with Crippen LogP contribution >= 0.6 is 11.3 Å². The van der Waals surface area contributed by atoms with E-state index in [0.717, 1.165) is 0 Å². The molecule has 1 aromatic heterocycles.